The van der Waals surface area contributed by atoms with Crippen LogP contribution >= 0.6 is 23.1 Å². The minimum Gasteiger partial charge on any atom is -0.330 e. The Morgan fingerprint density at radius 2 is 2.08 bits per heavy atom. The van der Waals surface area contributed by atoms with E-state index in [1.165, 1.54) is 11.1 Å². The smallest absolute Gasteiger partial charge is 0.210 e. The fourth-order valence-corrected chi connectivity index (χ4v) is 4.15. The highest BCUT2D eigenvalue weighted by Gasteiger charge is 2.11. The largest absolute Gasteiger partial charge is 0.330 e. The first-order valence-electron chi connectivity index (χ1n) is 8.28. The van der Waals surface area contributed by atoms with Crippen molar-refractivity contribution in [3.8, 4) is 0 Å². The van der Waals surface area contributed by atoms with Crippen LogP contribution in [0.4, 0.5) is 10.8 Å². The number of aryl methyl sites for hydroxylation is 3. The topological polar surface area (TPSA) is 81.4 Å². The maximum atomic E-state index is 4.26. The number of aromatic nitrogens is 6. The summed E-state index contributed by atoms with van der Waals surface area (Å²) in [6.07, 6.45) is 1.98. The molecule has 0 bridgehead atoms. The lowest BCUT2D eigenvalue weighted by Gasteiger charge is -2.11. The van der Waals surface area contributed by atoms with Gasteiger partial charge >= 0.3 is 0 Å². The van der Waals surface area contributed by atoms with E-state index in [1.54, 1.807) is 23.1 Å². The van der Waals surface area contributed by atoms with Crippen LogP contribution in [0.2, 0.25) is 0 Å². The standard InChI is InChI=1S/C16H21N7S2/c1-4-9-23-13(18-21-22-23)10-24-16-20-19-15(25-16)17-14-11(3)7-6-8-12(14)5-2/h6-8H,4-5,9-10H2,1-3H3,(H,17,19). The molecule has 0 saturated carbocycles. The number of anilines is 2. The van der Waals surface area contributed by atoms with Crippen LogP contribution in [0.3, 0.4) is 0 Å². The molecule has 3 rings (SSSR count). The lowest BCUT2D eigenvalue weighted by Crippen LogP contribution is -2.04. The summed E-state index contributed by atoms with van der Waals surface area (Å²) in [4.78, 5) is 0. The second-order valence-corrected chi connectivity index (χ2v) is 7.77. The maximum Gasteiger partial charge on any atom is 0.210 e. The summed E-state index contributed by atoms with van der Waals surface area (Å²) < 4.78 is 2.74. The molecule has 7 nitrogen and oxygen atoms in total. The zero-order chi connectivity index (χ0) is 17.6. The molecule has 1 aromatic carbocycles. The summed E-state index contributed by atoms with van der Waals surface area (Å²) in [5.74, 6) is 1.55. The average Bonchev–Trinajstić information content (AvgIpc) is 3.24. The first kappa shape index (κ1) is 17.8. The third-order valence-electron chi connectivity index (χ3n) is 3.74. The number of thioether (sulfide) groups is 1. The normalized spacial score (nSPS) is 11.0. The second-order valence-electron chi connectivity index (χ2n) is 5.57. The number of tetrazole rings is 1. The van der Waals surface area contributed by atoms with E-state index < -0.39 is 0 Å². The van der Waals surface area contributed by atoms with Crippen LogP contribution < -0.4 is 5.32 Å². The van der Waals surface area contributed by atoms with Gasteiger partial charge in [-0.3, -0.25) is 0 Å². The van der Waals surface area contributed by atoms with Gasteiger partial charge < -0.3 is 5.32 Å². The zero-order valence-corrected chi connectivity index (χ0v) is 16.2. The molecule has 132 valence electrons. The van der Waals surface area contributed by atoms with Crippen molar-refractivity contribution in [2.24, 2.45) is 0 Å². The van der Waals surface area contributed by atoms with Gasteiger partial charge in [0, 0.05) is 12.2 Å². The van der Waals surface area contributed by atoms with Crippen LogP contribution in [0.15, 0.2) is 22.5 Å². The van der Waals surface area contributed by atoms with Crippen molar-refractivity contribution in [2.75, 3.05) is 5.32 Å². The molecule has 0 saturated heterocycles. The lowest BCUT2D eigenvalue weighted by molar-refractivity contribution is 0.564. The Kier molecular flexibility index (Phi) is 5.98. The van der Waals surface area contributed by atoms with Crippen LogP contribution in [0.25, 0.3) is 0 Å². The van der Waals surface area contributed by atoms with Gasteiger partial charge in [-0.1, -0.05) is 55.1 Å². The molecule has 0 fully saturated rings. The van der Waals surface area contributed by atoms with Crippen molar-refractivity contribution >= 4 is 33.9 Å². The molecule has 9 heteroatoms. The van der Waals surface area contributed by atoms with Crippen molar-refractivity contribution in [3.63, 3.8) is 0 Å². The summed E-state index contributed by atoms with van der Waals surface area (Å²) >= 11 is 3.15. The Hall–Kier alpha value is -2.00. The van der Waals surface area contributed by atoms with Gasteiger partial charge in [-0.15, -0.1) is 15.3 Å². The van der Waals surface area contributed by atoms with Crippen molar-refractivity contribution in [2.45, 2.75) is 50.3 Å². The molecule has 0 spiro atoms. The van der Waals surface area contributed by atoms with Gasteiger partial charge in [0.1, 0.15) is 0 Å². The first-order chi connectivity index (χ1) is 12.2. The van der Waals surface area contributed by atoms with Crippen molar-refractivity contribution in [1.82, 2.24) is 30.4 Å². The Morgan fingerprint density at radius 1 is 1.20 bits per heavy atom. The van der Waals surface area contributed by atoms with E-state index in [0.717, 1.165) is 40.4 Å². The summed E-state index contributed by atoms with van der Waals surface area (Å²) in [6.45, 7) is 7.20. The first-order valence-corrected chi connectivity index (χ1v) is 10.1. The summed E-state index contributed by atoms with van der Waals surface area (Å²) in [6, 6.07) is 6.33. The molecule has 25 heavy (non-hydrogen) atoms. The molecule has 0 aliphatic heterocycles. The predicted molar refractivity (Wildman–Crippen MR) is 101 cm³/mol. The van der Waals surface area contributed by atoms with E-state index in [1.807, 2.05) is 4.68 Å². The minimum atomic E-state index is 0.687. The molecular formula is C16H21N7S2. The molecule has 3 aromatic rings. The Bertz CT molecular complexity index is 828. The predicted octanol–water partition coefficient (Wildman–Crippen LogP) is 3.84. The lowest BCUT2D eigenvalue weighted by atomic mass is 10.1. The number of hydrogen-bond acceptors (Lipinski definition) is 8. The van der Waals surface area contributed by atoms with Crippen molar-refractivity contribution < 1.29 is 0 Å². The van der Waals surface area contributed by atoms with Gasteiger partial charge in [-0.05, 0) is 41.3 Å². The van der Waals surface area contributed by atoms with Crippen LogP contribution in [-0.2, 0) is 18.7 Å². The number of hydrogen-bond donors (Lipinski definition) is 1. The van der Waals surface area contributed by atoms with Crippen LogP contribution in [-0.4, -0.2) is 30.4 Å². The number of nitrogens with one attached hydrogen (secondary N) is 1. The van der Waals surface area contributed by atoms with E-state index in [9.17, 15) is 0 Å². The quantitative estimate of drug-likeness (QED) is 0.599. The van der Waals surface area contributed by atoms with Gasteiger partial charge in [0.25, 0.3) is 0 Å². The Balaban J connectivity index is 1.66. The third kappa shape index (κ3) is 4.35. The molecule has 2 aromatic heterocycles. The highest BCUT2D eigenvalue weighted by atomic mass is 32.2. The Morgan fingerprint density at radius 3 is 2.88 bits per heavy atom. The highest BCUT2D eigenvalue weighted by Crippen LogP contribution is 2.31. The minimum absolute atomic E-state index is 0.687. The van der Waals surface area contributed by atoms with E-state index >= 15 is 0 Å². The van der Waals surface area contributed by atoms with E-state index in [0.29, 0.717) is 5.75 Å². The van der Waals surface area contributed by atoms with Crippen molar-refractivity contribution in [3.05, 3.63) is 35.2 Å². The van der Waals surface area contributed by atoms with Gasteiger partial charge in [0.05, 0.1) is 5.75 Å². The van der Waals surface area contributed by atoms with E-state index in [4.69, 9.17) is 0 Å². The summed E-state index contributed by atoms with van der Waals surface area (Å²) in [5, 5.41) is 24.6. The summed E-state index contributed by atoms with van der Waals surface area (Å²) in [7, 11) is 0. The fourth-order valence-electron chi connectivity index (χ4n) is 2.47. The molecular weight excluding hydrogens is 354 g/mol. The van der Waals surface area contributed by atoms with Gasteiger partial charge in [-0.2, -0.15) is 0 Å². The van der Waals surface area contributed by atoms with Gasteiger partial charge in [-0.25, -0.2) is 4.68 Å². The molecule has 0 aliphatic carbocycles. The average molecular weight is 376 g/mol. The molecule has 0 amide bonds. The molecule has 2 heterocycles. The van der Waals surface area contributed by atoms with Crippen LogP contribution in [0.5, 0.6) is 0 Å². The number of para-hydroxylation sites is 1. The van der Waals surface area contributed by atoms with Crippen molar-refractivity contribution in [1.29, 1.82) is 0 Å². The van der Waals surface area contributed by atoms with E-state index in [2.05, 4.69) is 70.0 Å². The second kappa shape index (κ2) is 8.39. The number of rotatable bonds is 8. The SMILES string of the molecule is CCCn1nnnc1CSc1nnc(Nc2c(C)cccc2CC)s1. The number of benzene rings is 1. The van der Waals surface area contributed by atoms with E-state index in [-0.39, 0.29) is 0 Å². The van der Waals surface area contributed by atoms with Gasteiger partial charge in [0.2, 0.25) is 5.13 Å². The molecule has 1 N–H and O–H groups in total. The molecule has 0 aliphatic rings. The highest BCUT2D eigenvalue weighted by molar-refractivity contribution is 8.00. The monoisotopic (exact) mass is 375 g/mol. The molecule has 0 atom stereocenters. The van der Waals surface area contributed by atoms with Crippen LogP contribution in [0, 0.1) is 6.92 Å². The van der Waals surface area contributed by atoms with Gasteiger partial charge in [0.15, 0.2) is 10.2 Å². The zero-order valence-electron chi connectivity index (χ0n) is 14.6. The molecule has 0 radical (unpaired) electrons. The Labute approximate surface area is 155 Å². The maximum absolute atomic E-state index is 4.26. The number of nitrogens with zero attached hydrogens (tertiary/aromatic N) is 6. The van der Waals surface area contributed by atoms with Crippen LogP contribution in [0.1, 0.15) is 37.2 Å². The third-order valence-corrected chi connectivity index (χ3v) is 5.71. The fraction of sp³-hybridized carbons (Fsp3) is 0.438. The molecule has 0 unspecified atom stereocenters. The summed E-state index contributed by atoms with van der Waals surface area (Å²) in [5.41, 5.74) is 3.62.